The lowest BCUT2D eigenvalue weighted by molar-refractivity contribution is -0.331. The number of carbonyl (C=O) groups excluding carboxylic acids is 1. The van der Waals surface area contributed by atoms with Gasteiger partial charge in [0.15, 0.2) is 5.92 Å². The molecular formula is C13H21NO11. The fourth-order valence-electron chi connectivity index (χ4n) is 2.33. The second-order valence-electron chi connectivity index (χ2n) is 5.59. The van der Waals surface area contributed by atoms with Crippen molar-refractivity contribution < 1.29 is 54.9 Å². The third kappa shape index (κ3) is 4.62. The van der Waals surface area contributed by atoms with E-state index in [1.807, 2.05) is 0 Å². The van der Waals surface area contributed by atoms with E-state index in [9.17, 15) is 34.8 Å². The maximum absolute atomic E-state index is 12.0. The van der Waals surface area contributed by atoms with Crippen molar-refractivity contribution in [2.75, 3.05) is 13.2 Å². The van der Waals surface area contributed by atoms with E-state index in [1.165, 1.54) is 0 Å². The van der Waals surface area contributed by atoms with Gasteiger partial charge in [0.25, 0.3) is 11.7 Å². The summed E-state index contributed by atoms with van der Waals surface area (Å²) in [6, 6.07) is 0. The number of aliphatic hydroxyl groups excluding tert-OH is 4. The first kappa shape index (κ1) is 21.2. The van der Waals surface area contributed by atoms with E-state index in [-0.39, 0.29) is 19.4 Å². The van der Waals surface area contributed by atoms with E-state index in [4.69, 9.17) is 20.1 Å². The molecule has 0 unspecified atom stereocenters. The number of carboxylic acid groups (broad SMARTS) is 2. The van der Waals surface area contributed by atoms with Gasteiger partial charge in [0, 0.05) is 6.54 Å². The van der Waals surface area contributed by atoms with Crippen LogP contribution in [0.5, 0.6) is 0 Å². The highest BCUT2D eigenvalue weighted by Crippen LogP contribution is 2.28. The van der Waals surface area contributed by atoms with Crippen LogP contribution < -0.4 is 5.32 Å². The van der Waals surface area contributed by atoms with Gasteiger partial charge >= 0.3 is 11.9 Å². The number of aliphatic hydroxyl groups is 5. The van der Waals surface area contributed by atoms with Crippen molar-refractivity contribution in [3.05, 3.63) is 0 Å². The molecule has 144 valence electrons. The van der Waals surface area contributed by atoms with Crippen LogP contribution in [0.4, 0.5) is 0 Å². The summed E-state index contributed by atoms with van der Waals surface area (Å²) in [4.78, 5) is 33.4. The summed E-state index contributed by atoms with van der Waals surface area (Å²) in [5, 5.41) is 67.6. The number of nitrogens with one attached hydrogen (secondary N) is 1. The van der Waals surface area contributed by atoms with Gasteiger partial charge in [-0.3, -0.25) is 14.4 Å². The molecule has 0 spiro atoms. The molecule has 0 saturated carbocycles. The molecule has 0 radical (unpaired) electrons. The Labute approximate surface area is 141 Å². The maximum Gasteiger partial charge on any atom is 0.317 e. The van der Waals surface area contributed by atoms with Crippen molar-refractivity contribution in [1.82, 2.24) is 5.32 Å². The minimum absolute atomic E-state index is 0.0736. The first-order chi connectivity index (χ1) is 11.6. The van der Waals surface area contributed by atoms with Crippen LogP contribution in [0.2, 0.25) is 0 Å². The van der Waals surface area contributed by atoms with Gasteiger partial charge in [-0.15, -0.1) is 0 Å². The number of ether oxygens (including phenoxy) is 1. The molecule has 0 aromatic heterocycles. The fraction of sp³-hybridized carbons (Fsp3) is 0.769. The smallest absolute Gasteiger partial charge is 0.317 e. The molecule has 12 nitrogen and oxygen atoms in total. The molecule has 0 aromatic rings. The lowest BCUT2D eigenvalue weighted by atomic mass is 9.92. The van der Waals surface area contributed by atoms with Crippen molar-refractivity contribution in [2.24, 2.45) is 5.92 Å². The topological polar surface area (TPSA) is 214 Å². The highest BCUT2D eigenvalue weighted by molar-refractivity contribution is 5.92. The Balaban J connectivity index is 2.63. The van der Waals surface area contributed by atoms with E-state index in [1.54, 1.807) is 0 Å². The fourth-order valence-corrected chi connectivity index (χ4v) is 2.33. The zero-order valence-corrected chi connectivity index (χ0v) is 13.0. The Morgan fingerprint density at radius 2 is 1.64 bits per heavy atom. The minimum atomic E-state index is -2.95. The summed E-state index contributed by atoms with van der Waals surface area (Å²) in [6.07, 6.45) is -7.82. The molecule has 0 aliphatic carbocycles. The van der Waals surface area contributed by atoms with Crippen molar-refractivity contribution in [2.45, 2.75) is 43.0 Å². The van der Waals surface area contributed by atoms with Crippen molar-refractivity contribution in [1.29, 1.82) is 0 Å². The molecule has 1 aliphatic heterocycles. The van der Waals surface area contributed by atoms with Gasteiger partial charge in [-0.05, 0) is 12.8 Å². The quantitative estimate of drug-likeness (QED) is 0.152. The molecule has 0 bridgehead atoms. The molecule has 8 N–H and O–H groups in total. The van der Waals surface area contributed by atoms with Gasteiger partial charge in [0.05, 0.1) is 6.61 Å². The first-order valence-corrected chi connectivity index (χ1v) is 7.35. The zero-order chi connectivity index (χ0) is 19.4. The van der Waals surface area contributed by atoms with Gasteiger partial charge in [0.1, 0.15) is 24.4 Å². The lowest BCUT2D eigenvalue weighted by Crippen LogP contribution is -2.70. The number of hydrogen-bond donors (Lipinski definition) is 8. The van der Waals surface area contributed by atoms with Gasteiger partial charge in [-0.1, -0.05) is 0 Å². The third-order valence-corrected chi connectivity index (χ3v) is 3.84. The predicted octanol–water partition coefficient (Wildman–Crippen LogP) is -4.17. The monoisotopic (exact) mass is 367 g/mol. The van der Waals surface area contributed by atoms with Crippen LogP contribution in [0.25, 0.3) is 0 Å². The van der Waals surface area contributed by atoms with Gasteiger partial charge in [-0.25, -0.2) is 0 Å². The van der Waals surface area contributed by atoms with E-state index < -0.39 is 60.6 Å². The number of hydrogen-bond acceptors (Lipinski definition) is 9. The highest BCUT2D eigenvalue weighted by atomic mass is 16.7. The molecule has 0 aromatic carbocycles. The zero-order valence-electron chi connectivity index (χ0n) is 13.0. The van der Waals surface area contributed by atoms with Crippen LogP contribution in [0.15, 0.2) is 0 Å². The molecule has 1 amide bonds. The summed E-state index contributed by atoms with van der Waals surface area (Å²) in [6.45, 7) is -1.10. The lowest BCUT2D eigenvalue weighted by Gasteiger charge is -2.44. The van der Waals surface area contributed by atoms with Crippen LogP contribution in [0, 0.1) is 5.92 Å². The number of amides is 1. The Kier molecular flexibility index (Phi) is 7.22. The largest absolute Gasteiger partial charge is 0.481 e. The second-order valence-corrected chi connectivity index (χ2v) is 5.59. The van der Waals surface area contributed by atoms with E-state index in [0.717, 1.165) is 0 Å². The summed E-state index contributed by atoms with van der Waals surface area (Å²) >= 11 is 0. The van der Waals surface area contributed by atoms with E-state index in [2.05, 4.69) is 5.32 Å². The van der Waals surface area contributed by atoms with Crippen molar-refractivity contribution in [3.8, 4) is 0 Å². The molecule has 1 rings (SSSR count). The number of carboxylic acids is 2. The summed E-state index contributed by atoms with van der Waals surface area (Å²) in [5.41, 5.74) is 0. The van der Waals surface area contributed by atoms with Crippen LogP contribution >= 0.6 is 0 Å². The number of rotatable bonds is 8. The van der Waals surface area contributed by atoms with Crippen LogP contribution in [-0.4, -0.2) is 96.9 Å². The van der Waals surface area contributed by atoms with Crippen LogP contribution in [-0.2, 0) is 19.1 Å². The molecule has 12 heteroatoms. The first-order valence-electron chi connectivity index (χ1n) is 7.35. The molecule has 25 heavy (non-hydrogen) atoms. The molecular weight excluding hydrogens is 346 g/mol. The van der Waals surface area contributed by atoms with E-state index in [0.29, 0.717) is 0 Å². The Morgan fingerprint density at radius 1 is 1.08 bits per heavy atom. The molecule has 1 heterocycles. The maximum atomic E-state index is 12.0. The predicted molar refractivity (Wildman–Crippen MR) is 75.9 cm³/mol. The average molecular weight is 367 g/mol. The van der Waals surface area contributed by atoms with Crippen molar-refractivity contribution >= 4 is 17.8 Å². The summed E-state index contributed by atoms with van der Waals surface area (Å²) in [5.74, 6) is -8.98. The minimum Gasteiger partial charge on any atom is -0.481 e. The van der Waals surface area contributed by atoms with Gasteiger partial charge in [-0.2, -0.15) is 0 Å². The van der Waals surface area contributed by atoms with Gasteiger partial charge in [0.2, 0.25) is 0 Å². The normalized spacial score (nSPS) is 32.4. The van der Waals surface area contributed by atoms with E-state index >= 15 is 0 Å². The standard InChI is InChI=1S/C13H21NO11/c15-4-6-7(16)8(17)9(18)13(24,25-6)12(23)14-3-1-2-5(10(19)20)11(21)22/h5-9,15-18,24H,1-4H2,(H,14,23)(H,19,20)(H,21,22)/t6-,7-,8+,9-,13+/m1/s1. The van der Waals surface area contributed by atoms with Gasteiger partial charge < -0.3 is 45.8 Å². The highest BCUT2D eigenvalue weighted by Gasteiger charge is 2.57. The summed E-state index contributed by atoms with van der Waals surface area (Å²) < 4.78 is 4.78. The Morgan fingerprint density at radius 3 is 2.12 bits per heavy atom. The molecule has 1 fully saturated rings. The third-order valence-electron chi connectivity index (χ3n) is 3.84. The molecule has 1 aliphatic rings. The SMILES string of the molecule is O=C(O)C(CCCNC(=O)[C@@]1(O)O[C@H](CO)[C@@H](O)[C@H](O)[C@H]1O)C(=O)O. The number of aliphatic carboxylic acids is 2. The molecule has 5 atom stereocenters. The van der Waals surface area contributed by atoms with Crippen LogP contribution in [0.3, 0.4) is 0 Å². The Hall–Kier alpha value is -1.83. The second kappa shape index (κ2) is 8.51. The van der Waals surface area contributed by atoms with Crippen LogP contribution in [0.1, 0.15) is 12.8 Å². The van der Waals surface area contributed by atoms with Crippen molar-refractivity contribution in [3.63, 3.8) is 0 Å². The number of carbonyl (C=O) groups is 3. The Bertz CT molecular complexity index is 496. The molecule has 1 saturated heterocycles. The average Bonchev–Trinajstić information content (AvgIpc) is 2.55. The summed E-state index contributed by atoms with van der Waals surface area (Å²) in [7, 11) is 0.